The van der Waals surface area contributed by atoms with E-state index < -0.39 is 12.3 Å². The normalized spacial score (nSPS) is 34.4. The van der Waals surface area contributed by atoms with Gasteiger partial charge in [-0.2, -0.15) is 0 Å². The molecule has 1 aromatic rings. The summed E-state index contributed by atoms with van der Waals surface area (Å²) in [5, 5.41) is 20.2. The van der Waals surface area contributed by atoms with Crippen LogP contribution in [0.4, 0.5) is 5.69 Å². The van der Waals surface area contributed by atoms with E-state index in [2.05, 4.69) is 11.9 Å². The number of pyridine rings is 1. The van der Waals surface area contributed by atoms with Gasteiger partial charge in [0.15, 0.2) is 0 Å². The predicted octanol–water partition coefficient (Wildman–Crippen LogP) is 0.553. The van der Waals surface area contributed by atoms with Crippen molar-refractivity contribution in [3.05, 3.63) is 23.5 Å². The van der Waals surface area contributed by atoms with Crippen molar-refractivity contribution in [3.8, 4) is 0 Å². The minimum atomic E-state index is -0.652. The molecule has 1 aliphatic heterocycles. The van der Waals surface area contributed by atoms with E-state index in [0.29, 0.717) is 12.3 Å². The van der Waals surface area contributed by atoms with Crippen LogP contribution in [0.1, 0.15) is 37.1 Å². The van der Waals surface area contributed by atoms with E-state index in [1.54, 1.807) is 6.20 Å². The highest BCUT2D eigenvalue weighted by Gasteiger charge is 2.34. The Morgan fingerprint density at radius 1 is 1.42 bits per heavy atom. The molecule has 4 atom stereocenters. The lowest BCUT2D eigenvalue weighted by Crippen LogP contribution is -2.55. The lowest BCUT2D eigenvalue weighted by atomic mass is 9.94. The molecule has 19 heavy (non-hydrogen) atoms. The molecule has 104 valence electrons. The number of aromatic nitrogens is 1. The van der Waals surface area contributed by atoms with Gasteiger partial charge in [-0.3, -0.25) is 4.98 Å². The highest BCUT2D eigenvalue weighted by molar-refractivity contribution is 5.57. The van der Waals surface area contributed by atoms with Crippen LogP contribution in [-0.4, -0.2) is 34.0 Å². The number of nitrogens with zero attached hydrogens (tertiary/aromatic N) is 2. The largest absolute Gasteiger partial charge is 0.387 e. The van der Waals surface area contributed by atoms with E-state index in [9.17, 15) is 10.2 Å². The van der Waals surface area contributed by atoms with Gasteiger partial charge in [0.25, 0.3) is 0 Å². The second kappa shape index (κ2) is 4.74. The van der Waals surface area contributed by atoms with Crippen molar-refractivity contribution in [2.24, 2.45) is 11.7 Å². The molecule has 1 unspecified atom stereocenters. The van der Waals surface area contributed by atoms with Gasteiger partial charge in [0, 0.05) is 24.5 Å². The fraction of sp³-hybridized carbons (Fsp3) is 0.643. The average molecular weight is 263 g/mol. The maximum absolute atomic E-state index is 10.3. The zero-order chi connectivity index (χ0) is 13.6. The minimum Gasteiger partial charge on any atom is -0.387 e. The van der Waals surface area contributed by atoms with E-state index in [1.165, 1.54) is 0 Å². The third-order valence-corrected chi connectivity index (χ3v) is 4.24. The van der Waals surface area contributed by atoms with Gasteiger partial charge >= 0.3 is 0 Å². The van der Waals surface area contributed by atoms with Crippen LogP contribution in [-0.2, 0) is 6.42 Å². The number of hydrogen-bond acceptors (Lipinski definition) is 5. The third kappa shape index (κ3) is 2.12. The minimum absolute atomic E-state index is 0.223. The zero-order valence-electron chi connectivity index (χ0n) is 11.2. The smallest absolute Gasteiger partial charge is 0.142 e. The van der Waals surface area contributed by atoms with Crippen LogP contribution in [0.3, 0.4) is 0 Å². The number of hydrogen-bond donors (Lipinski definition) is 3. The van der Waals surface area contributed by atoms with Gasteiger partial charge in [0.1, 0.15) is 6.23 Å². The highest BCUT2D eigenvalue weighted by Crippen LogP contribution is 2.37. The summed E-state index contributed by atoms with van der Waals surface area (Å²) in [6, 6.07) is 1.70. The van der Waals surface area contributed by atoms with Crippen molar-refractivity contribution in [1.29, 1.82) is 0 Å². The predicted molar refractivity (Wildman–Crippen MR) is 72.6 cm³/mol. The highest BCUT2D eigenvalue weighted by atomic mass is 16.3. The first kappa shape index (κ1) is 12.8. The number of fused-ring (bicyclic) bond motifs is 1. The number of nitrogens with two attached hydrogens (primary N) is 1. The van der Waals surface area contributed by atoms with Gasteiger partial charge < -0.3 is 20.8 Å². The number of anilines is 1. The SMILES string of the molecule is C[C@H]1C[C@@H](N)C(O)N(c2ccnc3c2CC[C@H]3O)C1. The second-order valence-corrected chi connectivity index (χ2v) is 5.82. The van der Waals surface area contributed by atoms with Crippen molar-refractivity contribution in [3.63, 3.8) is 0 Å². The van der Waals surface area contributed by atoms with Crippen LogP contribution in [0.5, 0.6) is 0 Å². The van der Waals surface area contributed by atoms with Crippen molar-refractivity contribution < 1.29 is 10.2 Å². The number of piperidine rings is 1. The molecule has 0 spiro atoms. The Hall–Kier alpha value is -1.17. The fourth-order valence-electron chi connectivity index (χ4n) is 3.30. The second-order valence-electron chi connectivity index (χ2n) is 5.82. The molecule has 1 aromatic heterocycles. The summed E-state index contributed by atoms with van der Waals surface area (Å²) in [5.41, 5.74) is 8.82. The van der Waals surface area contributed by atoms with Crippen LogP contribution in [0.2, 0.25) is 0 Å². The quantitative estimate of drug-likeness (QED) is 0.689. The molecule has 1 fully saturated rings. The van der Waals surface area contributed by atoms with Crippen molar-refractivity contribution >= 4 is 5.69 Å². The summed E-state index contributed by atoms with van der Waals surface area (Å²) in [7, 11) is 0. The molecule has 5 nitrogen and oxygen atoms in total. The summed E-state index contributed by atoms with van der Waals surface area (Å²) < 4.78 is 0. The van der Waals surface area contributed by atoms with E-state index in [1.807, 2.05) is 11.0 Å². The van der Waals surface area contributed by atoms with Gasteiger partial charge in [-0.15, -0.1) is 0 Å². The van der Waals surface area contributed by atoms with E-state index in [0.717, 1.165) is 36.3 Å². The fourth-order valence-corrected chi connectivity index (χ4v) is 3.30. The van der Waals surface area contributed by atoms with E-state index in [4.69, 9.17) is 5.73 Å². The van der Waals surface area contributed by atoms with Crippen LogP contribution in [0.15, 0.2) is 12.3 Å². The topological polar surface area (TPSA) is 82.6 Å². The molecule has 0 bridgehead atoms. The first-order valence-electron chi connectivity index (χ1n) is 6.94. The molecule has 3 rings (SSSR count). The summed E-state index contributed by atoms with van der Waals surface area (Å²) in [6.45, 7) is 2.94. The molecular weight excluding hydrogens is 242 g/mol. The maximum Gasteiger partial charge on any atom is 0.142 e. The van der Waals surface area contributed by atoms with Crippen molar-refractivity contribution in [2.75, 3.05) is 11.4 Å². The number of aliphatic hydroxyl groups excluding tert-OH is 2. The molecule has 0 aromatic carbocycles. The summed E-state index contributed by atoms with van der Waals surface area (Å²) in [5.74, 6) is 0.452. The van der Waals surface area contributed by atoms with Crippen LogP contribution in [0, 0.1) is 5.92 Å². The van der Waals surface area contributed by atoms with Crippen molar-refractivity contribution in [1.82, 2.24) is 4.98 Å². The molecule has 0 radical (unpaired) electrons. The molecule has 1 aliphatic carbocycles. The van der Waals surface area contributed by atoms with Crippen LogP contribution >= 0.6 is 0 Å². The molecular formula is C14H21N3O2. The van der Waals surface area contributed by atoms with Crippen LogP contribution < -0.4 is 10.6 Å². The molecule has 1 saturated heterocycles. The van der Waals surface area contributed by atoms with Gasteiger partial charge in [-0.25, -0.2) is 0 Å². The van der Waals surface area contributed by atoms with E-state index >= 15 is 0 Å². The monoisotopic (exact) mass is 263 g/mol. The van der Waals surface area contributed by atoms with Gasteiger partial charge in [-0.1, -0.05) is 6.92 Å². The molecule has 5 heteroatoms. The van der Waals surface area contributed by atoms with Crippen molar-refractivity contribution in [2.45, 2.75) is 44.6 Å². The first-order valence-corrected chi connectivity index (χ1v) is 6.94. The Kier molecular flexibility index (Phi) is 3.20. The third-order valence-electron chi connectivity index (χ3n) is 4.24. The Balaban J connectivity index is 1.98. The van der Waals surface area contributed by atoms with Gasteiger partial charge in [-0.05, 0) is 36.8 Å². The van der Waals surface area contributed by atoms with Gasteiger partial charge in [0.2, 0.25) is 0 Å². The standard InChI is InChI=1S/C14H21N3O2/c1-8-6-10(15)14(19)17(7-8)11-4-5-16-13-9(11)2-3-12(13)18/h4-5,8,10,12,14,18-19H,2-3,6-7,15H2,1H3/t8-,10+,12+,14?/m0/s1. The molecule has 0 amide bonds. The Morgan fingerprint density at radius 3 is 3.00 bits per heavy atom. The van der Waals surface area contributed by atoms with Crippen LogP contribution in [0.25, 0.3) is 0 Å². The molecule has 4 N–H and O–H groups in total. The summed E-state index contributed by atoms with van der Waals surface area (Å²) >= 11 is 0. The Morgan fingerprint density at radius 2 is 2.21 bits per heavy atom. The first-order chi connectivity index (χ1) is 9.08. The molecule has 2 aliphatic rings. The summed E-state index contributed by atoms with van der Waals surface area (Å²) in [4.78, 5) is 6.24. The Bertz CT molecular complexity index is 480. The average Bonchev–Trinajstić information content (AvgIpc) is 2.76. The number of rotatable bonds is 1. The molecule has 2 heterocycles. The lowest BCUT2D eigenvalue weighted by molar-refractivity contribution is 0.102. The lowest BCUT2D eigenvalue weighted by Gasteiger charge is -2.41. The van der Waals surface area contributed by atoms with E-state index in [-0.39, 0.29) is 6.04 Å². The van der Waals surface area contributed by atoms with Gasteiger partial charge in [0.05, 0.1) is 11.8 Å². The number of aliphatic hydroxyl groups is 2. The Labute approximate surface area is 113 Å². The maximum atomic E-state index is 10.3. The zero-order valence-corrected chi connectivity index (χ0v) is 11.2. The summed E-state index contributed by atoms with van der Waals surface area (Å²) in [6.07, 6.45) is 2.95. The molecule has 0 saturated carbocycles.